The number of piperazine rings is 1. The zero-order valence-electron chi connectivity index (χ0n) is 13.6. The van der Waals surface area contributed by atoms with Crippen LogP contribution in [0.5, 0.6) is 0 Å². The average molecular weight is 280 g/mol. The Labute approximate surface area is 122 Å². The predicted octanol–water partition coefficient (Wildman–Crippen LogP) is 2.18. The van der Waals surface area contributed by atoms with Gasteiger partial charge in [0.05, 0.1) is 0 Å². The quantitative estimate of drug-likeness (QED) is 0.858. The van der Waals surface area contributed by atoms with Crippen molar-refractivity contribution in [3.8, 4) is 0 Å². The minimum Gasteiger partial charge on any atom is -0.343 e. The molecule has 1 aliphatic heterocycles. The first-order valence-electron chi connectivity index (χ1n) is 7.79. The summed E-state index contributed by atoms with van der Waals surface area (Å²) in [5.41, 5.74) is 0.475. The summed E-state index contributed by atoms with van der Waals surface area (Å²) in [6, 6.07) is -0.632. The smallest absolute Gasteiger partial charge is 0.245 e. The van der Waals surface area contributed by atoms with Crippen LogP contribution in [0.25, 0.3) is 0 Å². The van der Waals surface area contributed by atoms with Gasteiger partial charge in [0.15, 0.2) is 0 Å². The molecule has 0 bridgehead atoms. The number of nitrogens with one attached hydrogen (secondary N) is 1. The van der Waals surface area contributed by atoms with Crippen LogP contribution in [0.4, 0.5) is 0 Å². The molecule has 2 atom stereocenters. The maximum absolute atomic E-state index is 12.6. The number of rotatable bonds is 4. The molecule has 2 aliphatic rings. The number of hydrogen-bond acceptors (Lipinski definition) is 2. The van der Waals surface area contributed by atoms with Crippen LogP contribution < -0.4 is 5.32 Å². The van der Waals surface area contributed by atoms with Crippen molar-refractivity contribution in [3.05, 3.63) is 0 Å². The Kier molecular flexibility index (Phi) is 3.64. The van der Waals surface area contributed by atoms with Crippen molar-refractivity contribution >= 4 is 11.8 Å². The highest BCUT2D eigenvalue weighted by molar-refractivity contribution is 5.96. The maximum atomic E-state index is 12.6. The van der Waals surface area contributed by atoms with Gasteiger partial charge in [-0.25, -0.2) is 0 Å². The van der Waals surface area contributed by atoms with Crippen LogP contribution in [0.15, 0.2) is 0 Å². The fourth-order valence-corrected chi connectivity index (χ4v) is 3.71. The molecule has 1 N–H and O–H groups in total. The van der Waals surface area contributed by atoms with E-state index < -0.39 is 0 Å². The normalized spacial score (nSPS) is 32.2. The summed E-state index contributed by atoms with van der Waals surface area (Å²) >= 11 is 0. The molecular formula is C16H28N2O2. The van der Waals surface area contributed by atoms with Gasteiger partial charge in [-0.1, -0.05) is 41.5 Å². The van der Waals surface area contributed by atoms with Crippen LogP contribution in [0.1, 0.15) is 54.4 Å². The third-order valence-electron chi connectivity index (χ3n) is 6.07. The van der Waals surface area contributed by atoms with Crippen LogP contribution in [0.3, 0.4) is 0 Å². The van der Waals surface area contributed by atoms with Gasteiger partial charge in [0.2, 0.25) is 11.8 Å². The van der Waals surface area contributed by atoms with E-state index in [4.69, 9.17) is 0 Å². The highest BCUT2D eigenvalue weighted by atomic mass is 16.2. The van der Waals surface area contributed by atoms with E-state index in [0.717, 1.165) is 0 Å². The lowest BCUT2D eigenvalue weighted by Crippen LogP contribution is -2.63. The number of hydrogen-bond donors (Lipinski definition) is 1. The lowest BCUT2D eigenvalue weighted by atomic mass is 10.0. The van der Waals surface area contributed by atoms with Gasteiger partial charge in [-0.15, -0.1) is 0 Å². The molecule has 1 heterocycles. The monoisotopic (exact) mass is 280 g/mol. The van der Waals surface area contributed by atoms with Crippen LogP contribution >= 0.6 is 0 Å². The van der Waals surface area contributed by atoms with Gasteiger partial charge in [0, 0.05) is 6.54 Å². The molecule has 1 saturated carbocycles. The van der Waals surface area contributed by atoms with Crippen molar-refractivity contribution in [2.75, 3.05) is 6.54 Å². The summed E-state index contributed by atoms with van der Waals surface area (Å²) in [6.07, 6.45) is 1.34. The SMILES string of the molecule is CCC1NC(=O)C(CC)N(CC2C(C)(C)C2(C)C)C1=O. The molecule has 0 spiro atoms. The summed E-state index contributed by atoms with van der Waals surface area (Å²) < 4.78 is 0. The first kappa shape index (κ1) is 15.3. The zero-order chi connectivity index (χ0) is 15.3. The molecule has 4 nitrogen and oxygen atoms in total. The second-order valence-electron chi connectivity index (χ2n) is 7.38. The van der Waals surface area contributed by atoms with Crippen LogP contribution in [-0.2, 0) is 9.59 Å². The lowest BCUT2D eigenvalue weighted by Gasteiger charge is -2.39. The first-order chi connectivity index (χ1) is 9.18. The van der Waals surface area contributed by atoms with Crippen molar-refractivity contribution in [3.63, 3.8) is 0 Å². The van der Waals surface area contributed by atoms with Gasteiger partial charge in [0.25, 0.3) is 0 Å². The van der Waals surface area contributed by atoms with E-state index in [1.54, 1.807) is 0 Å². The standard InChI is InChI=1S/C16H28N2O2/c1-7-10-14(20)18(11(8-2)13(19)17-10)9-12-15(3,4)16(12,5)6/h10-12H,7-9H2,1-6H3,(H,17,19). The van der Waals surface area contributed by atoms with Gasteiger partial charge in [-0.3, -0.25) is 9.59 Å². The zero-order valence-corrected chi connectivity index (χ0v) is 13.6. The Balaban J connectivity index is 2.19. The van der Waals surface area contributed by atoms with E-state index in [1.807, 2.05) is 18.7 Å². The number of carbonyl (C=O) groups is 2. The fourth-order valence-electron chi connectivity index (χ4n) is 3.71. The molecule has 2 amide bonds. The second kappa shape index (κ2) is 4.74. The van der Waals surface area contributed by atoms with Gasteiger partial charge in [0.1, 0.15) is 12.1 Å². The highest BCUT2D eigenvalue weighted by Gasteiger charge is 2.65. The summed E-state index contributed by atoms with van der Waals surface area (Å²) in [5.74, 6) is 0.573. The minimum absolute atomic E-state index is 0.00946. The Hall–Kier alpha value is -1.06. The summed E-state index contributed by atoms with van der Waals surface area (Å²) in [5, 5.41) is 2.85. The Bertz CT molecular complexity index is 414. The van der Waals surface area contributed by atoms with E-state index in [-0.39, 0.29) is 34.7 Å². The molecule has 0 aromatic rings. The largest absolute Gasteiger partial charge is 0.343 e. The number of nitrogens with zero attached hydrogens (tertiary/aromatic N) is 1. The molecule has 4 heteroatoms. The van der Waals surface area contributed by atoms with E-state index in [1.165, 1.54) is 0 Å². The van der Waals surface area contributed by atoms with Gasteiger partial charge in [-0.2, -0.15) is 0 Å². The second-order valence-corrected chi connectivity index (χ2v) is 7.38. The van der Waals surface area contributed by atoms with Crippen molar-refractivity contribution in [1.29, 1.82) is 0 Å². The number of amides is 2. The average Bonchev–Trinajstić information content (AvgIpc) is 2.75. The van der Waals surface area contributed by atoms with Crippen molar-refractivity contribution in [2.24, 2.45) is 16.7 Å². The van der Waals surface area contributed by atoms with E-state index in [2.05, 4.69) is 33.0 Å². The minimum atomic E-state index is -0.338. The molecule has 2 rings (SSSR count). The molecule has 2 fully saturated rings. The van der Waals surface area contributed by atoms with Crippen LogP contribution in [-0.4, -0.2) is 35.3 Å². The van der Waals surface area contributed by atoms with Crippen molar-refractivity contribution in [1.82, 2.24) is 10.2 Å². The van der Waals surface area contributed by atoms with E-state index in [0.29, 0.717) is 25.3 Å². The molecule has 1 aliphatic carbocycles. The predicted molar refractivity (Wildman–Crippen MR) is 79.1 cm³/mol. The third kappa shape index (κ3) is 2.04. The van der Waals surface area contributed by atoms with Crippen molar-refractivity contribution < 1.29 is 9.59 Å². The van der Waals surface area contributed by atoms with Crippen LogP contribution in [0, 0.1) is 16.7 Å². The van der Waals surface area contributed by atoms with E-state index in [9.17, 15) is 9.59 Å². The van der Waals surface area contributed by atoms with Gasteiger partial charge < -0.3 is 10.2 Å². The molecule has 0 radical (unpaired) electrons. The maximum Gasteiger partial charge on any atom is 0.245 e. The summed E-state index contributed by atoms with van der Waals surface area (Å²) in [4.78, 5) is 26.6. The molecule has 1 saturated heterocycles. The van der Waals surface area contributed by atoms with Crippen molar-refractivity contribution in [2.45, 2.75) is 66.5 Å². The summed E-state index contributed by atoms with van der Waals surface area (Å²) in [6.45, 7) is 13.6. The Morgan fingerprint density at radius 2 is 1.60 bits per heavy atom. The first-order valence-corrected chi connectivity index (χ1v) is 7.79. The summed E-state index contributed by atoms with van der Waals surface area (Å²) in [7, 11) is 0. The van der Waals surface area contributed by atoms with E-state index >= 15 is 0 Å². The highest BCUT2D eigenvalue weighted by Crippen LogP contribution is 2.68. The lowest BCUT2D eigenvalue weighted by molar-refractivity contribution is -0.150. The molecule has 114 valence electrons. The topological polar surface area (TPSA) is 49.4 Å². The molecular weight excluding hydrogens is 252 g/mol. The number of carbonyl (C=O) groups excluding carboxylic acids is 2. The molecule has 20 heavy (non-hydrogen) atoms. The molecule has 0 aromatic carbocycles. The molecule has 2 unspecified atom stereocenters. The van der Waals surface area contributed by atoms with Crippen LogP contribution in [0.2, 0.25) is 0 Å². The Morgan fingerprint density at radius 3 is 2.00 bits per heavy atom. The van der Waals surface area contributed by atoms with Gasteiger partial charge >= 0.3 is 0 Å². The Morgan fingerprint density at radius 1 is 1.05 bits per heavy atom. The molecule has 0 aromatic heterocycles. The van der Waals surface area contributed by atoms with Gasteiger partial charge in [-0.05, 0) is 29.6 Å². The third-order valence-corrected chi connectivity index (χ3v) is 6.07. The fraction of sp³-hybridized carbons (Fsp3) is 0.875.